The third kappa shape index (κ3) is 6.47. The van der Waals surface area contributed by atoms with Crippen LogP contribution >= 0.6 is 0 Å². The van der Waals surface area contributed by atoms with Crippen molar-refractivity contribution in [1.82, 2.24) is 0 Å². The summed E-state index contributed by atoms with van der Waals surface area (Å²) in [4.78, 5) is 8.90. The fourth-order valence-corrected chi connectivity index (χ4v) is 0.794. The third-order valence-corrected chi connectivity index (χ3v) is 1.47. The molecule has 82 valence electrons. The molecule has 0 aromatic heterocycles. The number of rotatable bonds is 0. The zero-order valence-electron chi connectivity index (χ0n) is 7.29. The first kappa shape index (κ1) is 13.0. The second kappa shape index (κ2) is 5.64. The third-order valence-electron chi connectivity index (χ3n) is 1.47. The van der Waals surface area contributed by atoms with Gasteiger partial charge in [0.05, 0.1) is 6.10 Å². The number of aliphatic hydroxyl groups is 1. The Kier molecular flexibility index (Phi) is 5.22. The maximum absolute atomic E-state index is 10.6. The molecular formula is C8H11F3O3. The lowest BCUT2D eigenvalue weighted by Gasteiger charge is -2.07. The number of hydrogen-bond donors (Lipinski definition) is 2. The molecule has 6 heteroatoms. The molecule has 14 heavy (non-hydrogen) atoms. The normalized spacial score (nSPS) is 21.0. The summed E-state index contributed by atoms with van der Waals surface area (Å²) in [7, 11) is 0. The number of allylic oxidation sites excluding steroid dienone is 1. The second-order valence-corrected chi connectivity index (χ2v) is 2.73. The molecule has 1 aliphatic rings. The molecule has 0 saturated carbocycles. The van der Waals surface area contributed by atoms with E-state index in [1.165, 1.54) is 0 Å². The summed E-state index contributed by atoms with van der Waals surface area (Å²) in [6, 6.07) is 0. The molecule has 2 N–H and O–H groups in total. The van der Waals surface area contributed by atoms with E-state index in [1.807, 2.05) is 12.2 Å². The molecule has 0 aromatic rings. The van der Waals surface area contributed by atoms with Gasteiger partial charge in [-0.25, -0.2) is 4.79 Å². The molecular weight excluding hydrogens is 201 g/mol. The predicted octanol–water partition coefficient (Wildman–Crippen LogP) is 1.72. The molecule has 0 radical (unpaired) electrons. The first-order valence-corrected chi connectivity index (χ1v) is 3.99. The van der Waals surface area contributed by atoms with Crippen LogP contribution in [-0.2, 0) is 4.79 Å². The van der Waals surface area contributed by atoms with Crippen LogP contribution in [0.3, 0.4) is 0 Å². The van der Waals surface area contributed by atoms with Crippen LogP contribution < -0.4 is 0 Å². The Labute approximate surface area is 78.9 Å². The van der Waals surface area contributed by atoms with Crippen LogP contribution in [0, 0.1) is 0 Å². The molecule has 0 bridgehead atoms. The molecule has 1 unspecified atom stereocenters. The van der Waals surface area contributed by atoms with Crippen molar-refractivity contribution in [3.63, 3.8) is 0 Å². The summed E-state index contributed by atoms with van der Waals surface area (Å²) < 4.78 is 31.7. The topological polar surface area (TPSA) is 57.5 Å². The van der Waals surface area contributed by atoms with Gasteiger partial charge in [-0.15, -0.1) is 0 Å². The van der Waals surface area contributed by atoms with Crippen LogP contribution in [0.1, 0.15) is 19.3 Å². The van der Waals surface area contributed by atoms with Crippen LogP contribution in [0.25, 0.3) is 0 Å². The van der Waals surface area contributed by atoms with Gasteiger partial charge in [0.15, 0.2) is 0 Å². The molecule has 1 atom stereocenters. The van der Waals surface area contributed by atoms with Gasteiger partial charge in [-0.3, -0.25) is 0 Å². The molecule has 3 nitrogen and oxygen atoms in total. The van der Waals surface area contributed by atoms with Crippen LogP contribution in [0.15, 0.2) is 12.2 Å². The second-order valence-electron chi connectivity index (χ2n) is 2.73. The zero-order chi connectivity index (χ0) is 11.2. The predicted molar refractivity (Wildman–Crippen MR) is 42.7 cm³/mol. The molecule has 0 fully saturated rings. The highest BCUT2D eigenvalue weighted by molar-refractivity contribution is 5.73. The number of carboxylic acids is 1. The van der Waals surface area contributed by atoms with E-state index >= 15 is 0 Å². The van der Waals surface area contributed by atoms with Gasteiger partial charge < -0.3 is 10.2 Å². The first-order valence-electron chi connectivity index (χ1n) is 3.99. The van der Waals surface area contributed by atoms with Gasteiger partial charge in [-0.05, 0) is 19.3 Å². The highest BCUT2D eigenvalue weighted by atomic mass is 19.4. The average molecular weight is 212 g/mol. The van der Waals surface area contributed by atoms with Crippen molar-refractivity contribution in [3.05, 3.63) is 12.2 Å². The summed E-state index contributed by atoms with van der Waals surface area (Å²) in [5.74, 6) is -2.76. The van der Waals surface area contributed by atoms with Crippen molar-refractivity contribution >= 4 is 5.97 Å². The van der Waals surface area contributed by atoms with Gasteiger partial charge in [-0.2, -0.15) is 13.2 Å². The van der Waals surface area contributed by atoms with Gasteiger partial charge >= 0.3 is 12.1 Å². The molecule has 0 aromatic carbocycles. The molecule has 0 heterocycles. The SMILES string of the molecule is O=C(O)C(F)(F)F.OC1C=CCCC1. The largest absolute Gasteiger partial charge is 0.490 e. The summed E-state index contributed by atoms with van der Waals surface area (Å²) in [5.41, 5.74) is 0. The minimum absolute atomic E-state index is 0.145. The van der Waals surface area contributed by atoms with Crippen molar-refractivity contribution in [1.29, 1.82) is 0 Å². The van der Waals surface area contributed by atoms with Crippen LogP contribution in [0.5, 0.6) is 0 Å². The van der Waals surface area contributed by atoms with Crippen LogP contribution in [-0.4, -0.2) is 28.5 Å². The van der Waals surface area contributed by atoms with E-state index in [0.29, 0.717) is 0 Å². The first-order chi connectivity index (χ1) is 6.34. The quantitative estimate of drug-likeness (QED) is 0.601. The van der Waals surface area contributed by atoms with E-state index in [4.69, 9.17) is 15.0 Å². The van der Waals surface area contributed by atoms with E-state index in [-0.39, 0.29) is 6.10 Å². The monoisotopic (exact) mass is 212 g/mol. The van der Waals surface area contributed by atoms with Crippen molar-refractivity contribution in [2.45, 2.75) is 31.5 Å². The van der Waals surface area contributed by atoms with Gasteiger partial charge in [0.1, 0.15) is 0 Å². The van der Waals surface area contributed by atoms with Crippen molar-refractivity contribution in [2.24, 2.45) is 0 Å². The standard InChI is InChI=1S/C6H10O.C2HF3O2/c7-6-4-2-1-3-5-6;3-2(4,5)1(6)7/h2,4,6-7H,1,3,5H2;(H,6,7). The lowest BCUT2D eigenvalue weighted by molar-refractivity contribution is -0.192. The smallest absolute Gasteiger partial charge is 0.475 e. The Morgan fingerprint density at radius 1 is 1.43 bits per heavy atom. The fourth-order valence-electron chi connectivity index (χ4n) is 0.794. The Morgan fingerprint density at radius 3 is 2.07 bits per heavy atom. The van der Waals surface area contributed by atoms with Crippen molar-refractivity contribution in [2.75, 3.05) is 0 Å². The number of carbonyl (C=O) groups is 1. The fraction of sp³-hybridized carbons (Fsp3) is 0.625. The van der Waals surface area contributed by atoms with E-state index in [2.05, 4.69) is 0 Å². The number of aliphatic carboxylic acids is 1. The van der Waals surface area contributed by atoms with E-state index < -0.39 is 12.1 Å². The van der Waals surface area contributed by atoms with Gasteiger partial charge in [0, 0.05) is 0 Å². The Hall–Kier alpha value is -1.04. The number of hydrogen-bond acceptors (Lipinski definition) is 2. The molecule has 0 saturated heterocycles. The summed E-state index contributed by atoms with van der Waals surface area (Å²) >= 11 is 0. The molecule has 0 amide bonds. The highest BCUT2D eigenvalue weighted by Crippen LogP contribution is 2.13. The van der Waals surface area contributed by atoms with Gasteiger partial charge in [0.2, 0.25) is 0 Å². The minimum atomic E-state index is -5.08. The molecule has 0 aliphatic heterocycles. The highest BCUT2D eigenvalue weighted by Gasteiger charge is 2.38. The minimum Gasteiger partial charge on any atom is -0.475 e. The van der Waals surface area contributed by atoms with Gasteiger partial charge in [0.25, 0.3) is 0 Å². The maximum atomic E-state index is 10.6. The number of carboxylic acid groups (broad SMARTS) is 1. The van der Waals surface area contributed by atoms with Gasteiger partial charge in [-0.1, -0.05) is 12.2 Å². The molecule has 0 spiro atoms. The number of halogens is 3. The molecule has 1 rings (SSSR count). The average Bonchev–Trinajstić information content (AvgIpc) is 2.04. The number of aliphatic hydroxyl groups excluding tert-OH is 1. The molecule has 1 aliphatic carbocycles. The summed E-state index contributed by atoms with van der Waals surface area (Å²) in [5, 5.41) is 15.9. The van der Waals surface area contributed by atoms with Crippen LogP contribution in [0.4, 0.5) is 13.2 Å². The Bertz CT molecular complexity index is 210. The Morgan fingerprint density at radius 2 is 1.93 bits per heavy atom. The maximum Gasteiger partial charge on any atom is 0.490 e. The number of alkyl halides is 3. The van der Waals surface area contributed by atoms with Crippen molar-refractivity contribution < 1.29 is 28.2 Å². The zero-order valence-corrected chi connectivity index (χ0v) is 7.29. The van der Waals surface area contributed by atoms with E-state index in [0.717, 1.165) is 19.3 Å². The lowest BCUT2D eigenvalue weighted by atomic mass is 10.1. The lowest BCUT2D eigenvalue weighted by Crippen LogP contribution is -2.21. The van der Waals surface area contributed by atoms with E-state index in [1.54, 1.807) is 0 Å². The van der Waals surface area contributed by atoms with Crippen LogP contribution in [0.2, 0.25) is 0 Å². The van der Waals surface area contributed by atoms with Crippen molar-refractivity contribution in [3.8, 4) is 0 Å². The van der Waals surface area contributed by atoms with E-state index in [9.17, 15) is 13.2 Å². The Balaban J connectivity index is 0.000000241. The summed E-state index contributed by atoms with van der Waals surface area (Å²) in [6.45, 7) is 0. The summed E-state index contributed by atoms with van der Waals surface area (Å²) in [6.07, 6.45) is 1.93.